The van der Waals surface area contributed by atoms with Crippen LogP contribution in [0.2, 0.25) is 0 Å². The number of carbonyl (C=O) groups excluding carboxylic acids is 1. The smallest absolute Gasteiger partial charge is 0.257 e. The van der Waals surface area contributed by atoms with Crippen molar-refractivity contribution in [2.45, 2.75) is 37.8 Å². The van der Waals surface area contributed by atoms with Crippen LogP contribution in [-0.2, 0) is 23.0 Å². The number of benzene rings is 2. The number of rotatable bonds is 5. The molecule has 0 saturated carbocycles. The Kier molecular flexibility index (Phi) is 5.29. The number of fused-ring (bicyclic) bond motifs is 4. The fourth-order valence-electron chi connectivity index (χ4n) is 4.06. The van der Waals surface area contributed by atoms with E-state index in [2.05, 4.69) is 9.71 Å². The second-order valence-corrected chi connectivity index (χ2v) is 10.7. The quantitative estimate of drug-likeness (QED) is 0.713. The number of sulfonamides is 1. The molecule has 0 aromatic heterocycles. The second kappa shape index (κ2) is 8.00. The first-order valence-corrected chi connectivity index (χ1v) is 12.9. The van der Waals surface area contributed by atoms with Crippen molar-refractivity contribution in [2.75, 3.05) is 23.8 Å². The van der Waals surface area contributed by atoms with Gasteiger partial charge >= 0.3 is 0 Å². The maximum Gasteiger partial charge on any atom is 0.257 e. The van der Waals surface area contributed by atoms with Gasteiger partial charge in [-0.3, -0.25) is 4.79 Å². The Morgan fingerprint density at radius 2 is 2.19 bits per heavy atom. The van der Waals surface area contributed by atoms with Gasteiger partial charge in [0.25, 0.3) is 15.9 Å². The zero-order valence-corrected chi connectivity index (χ0v) is 19.4. The summed E-state index contributed by atoms with van der Waals surface area (Å²) in [5.74, 6) is 1.37. The molecule has 2 aromatic rings. The molecular weight excluding hydrogens is 450 g/mol. The average molecular weight is 474 g/mol. The van der Waals surface area contributed by atoms with Crippen molar-refractivity contribution >= 4 is 38.5 Å². The Balaban J connectivity index is 1.33. The van der Waals surface area contributed by atoms with E-state index in [-0.39, 0.29) is 17.8 Å². The van der Waals surface area contributed by atoms with Gasteiger partial charge in [0.15, 0.2) is 5.17 Å². The first-order valence-electron chi connectivity index (χ1n) is 10.5. The number of amidine groups is 1. The lowest BCUT2D eigenvalue weighted by atomic mass is 10.1. The van der Waals surface area contributed by atoms with Crippen molar-refractivity contribution < 1.29 is 22.7 Å². The lowest BCUT2D eigenvalue weighted by Crippen LogP contribution is -2.35. The number of carbonyl (C=O) groups is 1. The first-order chi connectivity index (χ1) is 15.3. The van der Waals surface area contributed by atoms with Gasteiger partial charge in [-0.05, 0) is 55.9 Å². The highest BCUT2D eigenvalue weighted by atomic mass is 32.2. The summed E-state index contributed by atoms with van der Waals surface area (Å²) in [5, 5.41) is 3.40. The number of nitrogens with one attached hydrogen (secondary N) is 1. The van der Waals surface area contributed by atoms with E-state index in [0.717, 1.165) is 39.6 Å². The zero-order chi connectivity index (χ0) is 22.5. The largest absolute Gasteiger partial charge is 0.494 e. The molecular formula is C22H23N3O5S2. The van der Waals surface area contributed by atoms with Crippen LogP contribution in [0, 0.1) is 0 Å². The highest BCUT2D eigenvalue weighted by molar-refractivity contribution is 8.15. The number of hydrogen-bond acceptors (Lipinski definition) is 7. The number of nitrogens with zero attached hydrogens (tertiary/aromatic N) is 2. The third kappa shape index (κ3) is 3.93. The lowest BCUT2D eigenvalue weighted by molar-refractivity contribution is 0.0950. The van der Waals surface area contributed by atoms with Crippen molar-refractivity contribution in [1.29, 1.82) is 0 Å². The van der Waals surface area contributed by atoms with E-state index in [0.29, 0.717) is 30.4 Å². The Morgan fingerprint density at radius 1 is 1.34 bits per heavy atom. The summed E-state index contributed by atoms with van der Waals surface area (Å²) in [6, 6.07) is 9.31. The van der Waals surface area contributed by atoms with Gasteiger partial charge in [0.2, 0.25) is 0 Å². The van der Waals surface area contributed by atoms with Crippen LogP contribution in [-0.4, -0.2) is 44.5 Å². The number of ether oxygens (including phenoxy) is 2. The van der Waals surface area contributed by atoms with Gasteiger partial charge in [-0.25, -0.2) is 8.42 Å². The highest BCUT2D eigenvalue weighted by Gasteiger charge is 2.33. The number of hydrogen-bond donors (Lipinski definition) is 1. The number of amides is 1. The highest BCUT2D eigenvalue weighted by Crippen LogP contribution is 2.42. The third-order valence-corrected chi connectivity index (χ3v) is 7.86. The van der Waals surface area contributed by atoms with E-state index in [4.69, 9.17) is 9.47 Å². The zero-order valence-electron chi connectivity index (χ0n) is 17.8. The molecule has 168 valence electrons. The van der Waals surface area contributed by atoms with Crippen LogP contribution in [0.4, 0.5) is 5.69 Å². The molecule has 3 aliphatic rings. The molecule has 8 nitrogen and oxygen atoms in total. The summed E-state index contributed by atoms with van der Waals surface area (Å²) in [5.41, 5.74) is 3.36. The molecule has 3 heterocycles. The van der Waals surface area contributed by atoms with Gasteiger partial charge in [0.1, 0.15) is 17.6 Å². The molecule has 1 amide bonds. The maximum absolute atomic E-state index is 12.9. The fraction of sp³-hybridized carbons (Fsp3) is 0.364. The predicted octanol–water partition coefficient (Wildman–Crippen LogP) is 2.95. The Labute approximate surface area is 191 Å². The molecule has 0 aliphatic carbocycles. The number of thioether (sulfide) groups is 1. The van der Waals surface area contributed by atoms with Gasteiger partial charge < -0.3 is 19.7 Å². The molecule has 1 atom stereocenters. The molecule has 2 aromatic carbocycles. The van der Waals surface area contributed by atoms with Gasteiger partial charge in [0, 0.05) is 41.1 Å². The molecule has 10 heteroatoms. The molecule has 0 saturated heterocycles. The predicted molar refractivity (Wildman–Crippen MR) is 123 cm³/mol. The fourth-order valence-corrected chi connectivity index (χ4v) is 6.36. The van der Waals surface area contributed by atoms with Crippen LogP contribution in [0.15, 0.2) is 39.6 Å². The molecule has 0 radical (unpaired) electrons. The first kappa shape index (κ1) is 21.1. The topological polar surface area (TPSA) is 97.3 Å². The van der Waals surface area contributed by atoms with Crippen molar-refractivity contribution in [2.24, 2.45) is 4.40 Å². The average Bonchev–Trinajstić information content (AvgIpc) is 3.28. The van der Waals surface area contributed by atoms with Crippen LogP contribution in [0.3, 0.4) is 0 Å². The summed E-state index contributed by atoms with van der Waals surface area (Å²) in [7, 11) is -3.41. The Bertz CT molecular complexity index is 1240. The van der Waals surface area contributed by atoms with E-state index >= 15 is 0 Å². The van der Waals surface area contributed by atoms with Crippen molar-refractivity contribution in [3.8, 4) is 11.5 Å². The third-order valence-electron chi connectivity index (χ3n) is 5.55. The summed E-state index contributed by atoms with van der Waals surface area (Å²) in [4.78, 5) is 15.6. The van der Waals surface area contributed by atoms with Crippen molar-refractivity contribution in [3.05, 3.63) is 47.0 Å². The van der Waals surface area contributed by atoms with Crippen LogP contribution in [0.5, 0.6) is 11.5 Å². The minimum atomic E-state index is -3.41. The molecule has 3 aliphatic heterocycles. The molecule has 0 spiro atoms. The lowest BCUT2D eigenvalue weighted by Gasteiger charge is -2.22. The van der Waals surface area contributed by atoms with Crippen molar-refractivity contribution in [3.63, 3.8) is 0 Å². The number of anilines is 1. The SMILES string of the molecule is CCOc1cc2c(cc1CNC(=O)c1ccc3c(c1)SC1=NS(=O)(=O)CCN13)O[C@H](C)C2. The summed E-state index contributed by atoms with van der Waals surface area (Å²) >= 11 is 1.27. The molecule has 0 fully saturated rings. The molecule has 0 bridgehead atoms. The second-order valence-electron chi connectivity index (χ2n) is 7.91. The summed E-state index contributed by atoms with van der Waals surface area (Å²) in [6.07, 6.45) is 0.977. The minimum Gasteiger partial charge on any atom is -0.494 e. The molecule has 32 heavy (non-hydrogen) atoms. The normalized spacial score (nSPS) is 20.0. The van der Waals surface area contributed by atoms with E-state index in [1.54, 1.807) is 12.1 Å². The van der Waals surface area contributed by atoms with Crippen LogP contribution in [0.25, 0.3) is 0 Å². The van der Waals surface area contributed by atoms with Gasteiger partial charge in [-0.1, -0.05) is 0 Å². The van der Waals surface area contributed by atoms with E-state index in [9.17, 15) is 13.2 Å². The Hall–Kier alpha value is -2.72. The van der Waals surface area contributed by atoms with Gasteiger partial charge in [-0.15, -0.1) is 4.40 Å². The minimum absolute atomic E-state index is 0.00975. The van der Waals surface area contributed by atoms with Crippen LogP contribution in [0.1, 0.15) is 35.3 Å². The van der Waals surface area contributed by atoms with Gasteiger partial charge in [0.05, 0.1) is 18.0 Å². The Morgan fingerprint density at radius 3 is 3.00 bits per heavy atom. The molecule has 0 unspecified atom stereocenters. The van der Waals surface area contributed by atoms with Crippen LogP contribution < -0.4 is 19.7 Å². The molecule has 1 N–H and O–H groups in total. The van der Waals surface area contributed by atoms with E-state index in [1.807, 2.05) is 36.9 Å². The standard InChI is InChI=1S/C22H23N3O5S2/c1-3-29-18-9-15-8-13(2)30-19(15)10-16(18)12-23-21(26)14-4-5-17-20(11-14)31-22-24-32(27,28)7-6-25(17)22/h4-5,9-11,13H,3,6-8,12H2,1-2H3,(H,23,26)/t13-/m1/s1. The van der Waals surface area contributed by atoms with E-state index in [1.165, 1.54) is 11.8 Å². The monoisotopic (exact) mass is 473 g/mol. The van der Waals surface area contributed by atoms with Gasteiger partial charge in [-0.2, -0.15) is 0 Å². The summed E-state index contributed by atoms with van der Waals surface area (Å²) < 4.78 is 39.1. The van der Waals surface area contributed by atoms with E-state index < -0.39 is 10.0 Å². The van der Waals surface area contributed by atoms with Crippen molar-refractivity contribution in [1.82, 2.24) is 5.32 Å². The van der Waals surface area contributed by atoms with Crippen LogP contribution >= 0.6 is 11.8 Å². The maximum atomic E-state index is 12.9. The summed E-state index contributed by atoms with van der Waals surface area (Å²) in [6.45, 7) is 5.17. The molecule has 5 rings (SSSR count).